The number of hydrogen-bond acceptors (Lipinski definition) is 3. The Morgan fingerprint density at radius 1 is 1.28 bits per heavy atom. The van der Waals surface area contributed by atoms with Crippen molar-refractivity contribution in [1.82, 2.24) is 9.47 Å². The molecule has 2 amide bonds. The fourth-order valence-electron chi connectivity index (χ4n) is 2.88. The smallest absolute Gasteiger partial charge is 0.321 e. The maximum atomic E-state index is 12.2. The topological polar surface area (TPSA) is 63.6 Å². The predicted molar refractivity (Wildman–Crippen MR) is 96.9 cm³/mol. The molecule has 132 valence electrons. The molecular weight excluding hydrogens is 318 g/mol. The second-order valence-electron chi connectivity index (χ2n) is 6.31. The Kier molecular flexibility index (Phi) is 5.50. The van der Waals surface area contributed by atoms with Crippen LogP contribution in [0, 0.1) is 0 Å². The zero-order valence-electron chi connectivity index (χ0n) is 14.4. The normalized spacial score (nSPS) is 16.6. The summed E-state index contributed by atoms with van der Waals surface area (Å²) in [6.45, 7) is 1.89. The number of ether oxygens (including phenoxy) is 1. The lowest BCUT2D eigenvalue weighted by atomic mass is 10.2. The third-order valence-corrected chi connectivity index (χ3v) is 4.31. The summed E-state index contributed by atoms with van der Waals surface area (Å²) in [5.74, 6) is 0. The zero-order chi connectivity index (χ0) is 17.6. The van der Waals surface area contributed by atoms with Gasteiger partial charge in [0.1, 0.15) is 0 Å². The summed E-state index contributed by atoms with van der Waals surface area (Å²) in [5.41, 5.74) is 1.70. The zero-order valence-corrected chi connectivity index (χ0v) is 14.4. The summed E-state index contributed by atoms with van der Waals surface area (Å²) in [7, 11) is 1.77. The van der Waals surface area contributed by atoms with E-state index in [1.165, 1.54) is 0 Å². The summed E-state index contributed by atoms with van der Waals surface area (Å²) in [4.78, 5) is 25.6. The van der Waals surface area contributed by atoms with E-state index in [9.17, 15) is 9.59 Å². The molecule has 1 aliphatic rings. The Balaban J connectivity index is 1.55. The number of aromatic nitrogens is 1. The number of hydrogen-bond donors (Lipinski definition) is 1. The molecule has 1 aromatic heterocycles. The maximum Gasteiger partial charge on any atom is 0.321 e. The van der Waals surface area contributed by atoms with E-state index < -0.39 is 0 Å². The molecule has 1 N–H and O–H groups in total. The highest BCUT2D eigenvalue weighted by Crippen LogP contribution is 2.14. The summed E-state index contributed by atoms with van der Waals surface area (Å²) in [6, 6.07) is 12.5. The van der Waals surface area contributed by atoms with E-state index in [0.29, 0.717) is 13.1 Å². The molecular formula is C19H23N3O3. The minimum Gasteiger partial charge on any atom is -0.376 e. The highest BCUT2D eigenvalue weighted by Gasteiger charge is 2.20. The van der Waals surface area contributed by atoms with Crippen LogP contribution in [0.15, 0.2) is 53.5 Å². The van der Waals surface area contributed by atoms with Gasteiger partial charge in [0.25, 0.3) is 5.56 Å². The molecule has 1 aromatic carbocycles. The number of carbonyl (C=O) groups excluding carboxylic acids is 1. The number of likely N-dealkylation sites (N-methyl/N-ethyl adjacent to an activating group) is 1. The first-order valence-electron chi connectivity index (χ1n) is 8.50. The SMILES string of the molecule is CN(C[C@H]1CCCO1)C(=O)Nc1ccc(Cn2ccccc2=O)cc1. The molecule has 1 fully saturated rings. The Morgan fingerprint density at radius 2 is 2.08 bits per heavy atom. The van der Waals surface area contributed by atoms with Crippen LogP contribution in [0.4, 0.5) is 10.5 Å². The van der Waals surface area contributed by atoms with Crippen molar-refractivity contribution in [2.24, 2.45) is 0 Å². The lowest BCUT2D eigenvalue weighted by Crippen LogP contribution is -2.37. The van der Waals surface area contributed by atoms with Crippen LogP contribution in [0.5, 0.6) is 0 Å². The van der Waals surface area contributed by atoms with Gasteiger partial charge in [0, 0.05) is 38.1 Å². The summed E-state index contributed by atoms with van der Waals surface area (Å²) >= 11 is 0. The van der Waals surface area contributed by atoms with E-state index in [2.05, 4.69) is 5.32 Å². The minimum atomic E-state index is -0.150. The maximum absolute atomic E-state index is 12.2. The number of anilines is 1. The third kappa shape index (κ3) is 4.70. The van der Waals surface area contributed by atoms with E-state index in [4.69, 9.17) is 4.74 Å². The first-order chi connectivity index (χ1) is 12.1. The number of pyridine rings is 1. The van der Waals surface area contributed by atoms with E-state index >= 15 is 0 Å². The molecule has 0 bridgehead atoms. The van der Waals surface area contributed by atoms with E-state index in [1.807, 2.05) is 30.3 Å². The molecule has 0 radical (unpaired) electrons. The van der Waals surface area contributed by atoms with Crippen LogP contribution in [0.25, 0.3) is 0 Å². The second kappa shape index (κ2) is 7.98. The van der Waals surface area contributed by atoms with Gasteiger partial charge in [-0.15, -0.1) is 0 Å². The lowest BCUT2D eigenvalue weighted by molar-refractivity contribution is 0.0894. The standard InChI is InChI=1S/C19H23N3O3/c1-21(14-17-5-4-12-25-17)19(24)20-16-9-7-15(8-10-16)13-22-11-3-2-6-18(22)23/h2-3,6-11,17H,4-5,12-14H2,1H3,(H,20,24)/t17-/m1/s1. The van der Waals surface area contributed by atoms with Crippen molar-refractivity contribution < 1.29 is 9.53 Å². The fourth-order valence-corrected chi connectivity index (χ4v) is 2.88. The van der Waals surface area contributed by atoms with Crippen molar-refractivity contribution in [3.63, 3.8) is 0 Å². The Bertz CT molecular complexity index is 764. The molecule has 0 spiro atoms. The second-order valence-corrected chi connectivity index (χ2v) is 6.31. The minimum absolute atomic E-state index is 0.0318. The molecule has 0 saturated carbocycles. The van der Waals surface area contributed by atoms with Gasteiger partial charge in [0.15, 0.2) is 0 Å². The molecule has 0 unspecified atom stereocenters. The number of nitrogens with one attached hydrogen (secondary N) is 1. The third-order valence-electron chi connectivity index (χ3n) is 4.31. The van der Waals surface area contributed by atoms with Gasteiger partial charge in [-0.05, 0) is 36.6 Å². The number of carbonyl (C=O) groups is 1. The molecule has 6 nitrogen and oxygen atoms in total. The van der Waals surface area contributed by atoms with Crippen LogP contribution in [-0.2, 0) is 11.3 Å². The van der Waals surface area contributed by atoms with Crippen LogP contribution >= 0.6 is 0 Å². The largest absolute Gasteiger partial charge is 0.376 e. The molecule has 25 heavy (non-hydrogen) atoms. The van der Waals surface area contributed by atoms with Crippen LogP contribution in [0.1, 0.15) is 18.4 Å². The molecule has 3 rings (SSSR count). The van der Waals surface area contributed by atoms with Crippen molar-refractivity contribution in [3.8, 4) is 0 Å². The Labute approximate surface area is 147 Å². The van der Waals surface area contributed by atoms with Gasteiger partial charge < -0.3 is 19.5 Å². The summed E-state index contributed by atoms with van der Waals surface area (Å²) < 4.78 is 7.20. The molecule has 1 saturated heterocycles. The van der Waals surface area contributed by atoms with Crippen molar-refractivity contribution in [2.75, 3.05) is 25.5 Å². The number of benzene rings is 1. The van der Waals surface area contributed by atoms with Crippen LogP contribution in [-0.4, -0.2) is 41.8 Å². The van der Waals surface area contributed by atoms with Gasteiger partial charge in [0.05, 0.1) is 12.6 Å². The van der Waals surface area contributed by atoms with Gasteiger partial charge in [-0.25, -0.2) is 4.79 Å². The Morgan fingerprint density at radius 3 is 2.76 bits per heavy atom. The number of rotatable bonds is 5. The van der Waals surface area contributed by atoms with Crippen LogP contribution in [0.3, 0.4) is 0 Å². The van der Waals surface area contributed by atoms with E-state index in [-0.39, 0.29) is 17.7 Å². The van der Waals surface area contributed by atoms with Crippen molar-refractivity contribution in [2.45, 2.75) is 25.5 Å². The molecule has 0 aliphatic carbocycles. The van der Waals surface area contributed by atoms with E-state index in [1.54, 1.807) is 34.8 Å². The molecule has 2 aromatic rings. The van der Waals surface area contributed by atoms with Gasteiger partial charge in [0.2, 0.25) is 0 Å². The average molecular weight is 341 g/mol. The molecule has 1 aliphatic heterocycles. The molecule has 2 heterocycles. The summed E-state index contributed by atoms with van der Waals surface area (Å²) in [6.07, 6.45) is 3.97. The van der Waals surface area contributed by atoms with Crippen molar-refractivity contribution in [1.29, 1.82) is 0 Å². The number of nitrogens with zero attached hydrogens (tertiary/aromatic N) is 2. The lowest BCUT2D eigenvalue weighted by Gasteiger charge is -2.21. The Hall–Kier alpha value is -2.60. The number of amides is 2. The predicted octanol–water partition coefficient (Wildman–Crippen LogP) is 2.54. The highest BCUT2D eigenvalue weighted by atomic mass is 16.5. The van der Waals surface area contributed by atoms with Gasteiger partial charge in [-0.1, -0.05) is 18.2 Å². The van der Waals surface area contributed by atoms with Crippen molar-refractivity contribution >= 4 is 11.7 Å². The monoisotopic (exact) mass is 341 g/mol. The average Bonchev–Trinajstić information content (AvgIpc) is 3.11. The first kappa shape index (κ1) is 17.2. The summed E-state index contributed by atoms with van der Waals surface area (Å²) in [5, 5.41) is 2.88. The van der Waals surface area contributed by atoms with Crippen LogP contribution < -0.4 is 10.9 Å². The fraction of sp³-hybridized carbons (Fsp3) is 0.368. The van der Waals surface area contributed by atoms with E-state index in [0.717, 1.165) is 30.7 Å². The number of urea groups is 1. The van der Waals surface area contributed by atoms with Gasteiger partial charge >= 0.3 is 6.03 Å². The van der Waals surface area contributed by atoms with Crippen molar-refractivity contribution in [3.05, 3.63) is 64.6 Å². The molecule has 1 atom stereocenters. The quantitative estimate of drug-likeness (QED) is 0.909. The molecule has 6 heteroatoms. The van der Waals surface area contributed by atoms with Crippen LogP contribution in [0.2, 0.25) is 0 Å². The van der Waals surface area contributed by atoms with Gasteiger partial charge in [-0.2, -0.15) is 0 Å². The first-order valence-corrected chi connectivity index (χ1v) is 8.50. The highest BCUT2D eigenvalue weighted by molar-refractivity contribution is 5.89. The van der Waals surface area contributed by atoms with Gasteiger partial charge in [-0.3, -0.25) is 4.79 Å².